The molecule has 0 saturated heterocycles. The Bertz CT molecular complexity index is 327. The van der Waals surface area contributed by atoms with Gasteiger partial charge in [0.15, 0.2) is 0 Å². The minimum atomic E-state index is -0.665. The largest absolute Gasteiger partial charge is 0.396 e. The molecule has 2 heteroatoms. The Morgan fingerprint density at radius 2 is 0.677 bits per heavy atom. The van der Waals surface area contributed by atoms with Crippen molar-refractivity contribution in [3.8, 4) is 0 Å². The van der Waals surface area contributed by atoms with E-state index in [0.717, 1.165) is 12.8 Å². The lowest BCUT2D eigenvalue weighted by Crippen LogP contribution is -2.25. The number of aliphatic hydroxyl groups excluding tert-OH is 1. The molecule has 0 saturated carbocycles. The second-order valence-corrected chi connectivity index (χ2v) is 10.5. The summed E-state index contributed by atoms with van der Waals surface area (Å²) >= 11 is 0. The van der Waals surface area contributed by atoms with Crippen molar-refractivity contribution in [3.05, 3.63) is 0 Å². The minimum absolute atomic E-state index is 0.0896. The second kappa shape index (κ2) is 24.6. The number of rotatable bonds is 26. The van der Waals surface area contributed by atoms with E-state index in [1.807, 2.05) is 6.92 Å². The highest BCUT2D eigenvalue weighted by Crippen LogP contribution is 2.19. The van der Waals surface area contributed by atoms with E-state index in [9.17, 15) is 5.11 Å². The van der Waals surface area contributed by atoms with Crippen molar-refractivity contribution < 1.29 is 10.2 Å². The van der Waals surface area contributed by atoms with Gasteiger partial charge in [-0.15, -0.1) is 0 Å². The molecule has 0 bridgehead atoms. The molecule has 2 nitrogen and oxygen atoms in total. The van der Waals surface area contributed by atoms with Crippen LogP contribution in [0.25, 0.3) is 0 Å². The van der Waals surface area contributed by atoms with Gasteiger partial charge in [-0.2, -0.15) is 0 Å². The van der Waals surface area contributed by atoms with Crippen molar-refractivity contribution in [1.82, 2.24) is 0 Å². The highest BCUT2D eigenvalue weighted by Gasteiger charge is 2.18. The molecule has 0 aromatic heterocycles. The molecule has 0 aromatic carbocycles. The van der Waals surface area contributed by atoms with E-state index in [0.29, 0.717) is 6.42 Å². The molecule has 0 spiro atoms. The van der Waals surface area contributed by atoms with Gasteiger partial charge in [-0.25, -0.2) is 0 Å². The van der Waals surface area contributed by atoms with Crippen molar-refractivity contribution in [2.75, 3.05) is 6.61 Å². The van der Waals surface area contributed by atoms with Gasteiger partial charge in [0.05, 0.1) is 5.60 Å². The lowest BCUT2D eigenvalue weighted by molar-refractivity contribution is 0.0232. The van der Waals surface area contributed by atoms with Gasteiger partial charge in [-0.3, -0.25) is 0 Å². The number of hydrogen-bond acceptors (Lipinski definition) is 2. The summed E-state index contributed by atoms with van der Waals surface area (Å²) in [6.07, 6.45) is 33.7. The van der Waals surface area contributed by atoms with E-state index < -0.39 is 5.60 Å². The molecule has 0 aromatic rings. The fourth-order valence-corrected chi connectivity index (χ4v) is 4.66. The van der Waals surface area contributed by atoms with Crippen molar-refractivity contribution in [1.29, 1.82) is 0 Å². The van der Waals surface area contributed by atoms with Gasteiger partial charge in [0.1, 0.15) is 0 Å². The van der Waals surface area contributed by atoms with E-state index in [-0.39, 0.29) is 6.61 Å². The zero-order chi connectivity index (χ0) is 22.9. The molecule has 2 N–H and O–H groups in total. The fourth-order valence-electron chi connectivity index (χ4n) is 4.66. The molecule has 0 radical (unpaired) electrons. The Hall–Kier alpha value is -0.0800. The van der Waals surface area contributed by atoms with Crippen LogP contribution in [0.5, 0.6) is 0 Å². The molecular weight excluding hydrogens is 380 g/mol. The van der Waals surface area contributed by atoms with Crippen LogP contribution < -0.4 is 0 Å². The van der Waals surface area contributed by atoms with Crippen LogP contribution in [0, 0.1) is 0 Å². The maximum absolute atomic E-state index is 10.0. The highest BCUT2D eigenvalue weighted by molar-refractivity contribution is 4.71. The Kier molecular flexibility index (Phi) is 24.5. The molecule has 0 amide bonds. The van der Waals surface area contributed by atoms with E-state index in [2.05, 4.69) is 6.92 Å². The third kappa shape index (κ3) is 26.1. The monoisotopic (exact) mass is 440 g/mol. The first-order valence-electron chi connectivity index (χ1n) is 14.5. The zero-order valence-electron chi connectivity index (χ0n) is 21.8. The van der Waals surface area contributed by atoms with E-state index >= 15 is 0 Å². The molecule has 0 aliphatic carbocycles. The van der Waals surface area contributed by atoms with Gasteiger partial charge in [-0.1, -0.05) is 155 Å². The molecule has 0 aliphatic heterocycles. The summed E-state index contributed by atoms with van der Waals surface area (Å²) in [4.78, 5) is 0. The molecule has 1 unspecified atom stereocenters. The lowest BCUT2D eigenvalue weighted by Gasteiger charge is -2.21. The van der Waals surface area contributed by atoms with Crippen LogP contribution in [0.15, 0.2) is 0 Å². The minimum Gasteiger partial charge on any atom is -0.396 e. The summed E-state index contributed by atoms with van der Waals surface area (Å²) < 4.78 is 0. The standard InChI is InChI=1S/C29H60O2/c1-3-4-5-6-7-8-9-10-11-12-13-14-15-16-17-18-19-20-21-22-23-24-25-26-29(2,31)27-28-30/h30-31H,3-28H2,1-2H3. The van der Waals surface area contributed by atoms with Gasteiger partial charge in [0, 0.05) is 6.61 Å². The third-order valence-corrected chi connectivity index (χ3v) is 6.97. The van der Waals surface area contributed by atoms with Crippen LogP contribution in [-0.4, -0.2) is 22.4 Å². The van der Waals surface area contributed by atoms with Gasteiger partial charge >= 0.3 is 0 Å². The summed E-state index contributed by atoms with van der Waals surface area (Å²) in [5.41, 5.74) is -0.665. The Morgan fingerprint density at radius 1 is 0.419 bits per heavy atom. The van der Waals surface area contributed by atoms with E-state index in [1.165, 1.54) is 141 Å². The molecule has 0 heterocycles. The summed E-state index contributed by atoms with van der Waals surface area (Å²) in [5, 5.41) is 19.0. The van der Waals surface area contributed by atoms with Crippen molar-refractivity contribution in [3.63, 3.8) is 0 Å². The summed E-state index contributed by atoms with van der Waals surface area (Å²) in [6.45, 7) is 4.23. The molecule has 1 atom stereocenters. The summed E-state index contributed by atoms with van der Waals surface area (Å²) in [7, 11) is 0. The maximum Gasteiger partial charge on any atom is 0.0641 e. The zero-order valence-corrected chi connectivity index (χ0v) is 21.8. The third-order valence-electron chi connectivity index (χ3n) is 6.97. The van der Waals surface area contributed by atoms with E-state index in [1.54, 1.807) is 0 Å². The Balaban J connectivity index is 3.08. The van der Waals surface area contributed by atoms with Gasteiger partial charge < -0.3 is 10.2 Å². The van der Waals surface area contributed by atoms with E-state index in [4.69, 9.17) is 5.11 Å². The SMILES string of the molecule is CCCCCCCCCCCCCCCCCCCCCCCCCC(C)(O)CCO. The van der Waals surface area contributed by atoms with Gasteiger partial charge in [-0.05, 0) is 19.8 Å². The van der Waals surface area contributed by atoms with Crippen LogP contribution in [0.4, 0.5) is 0 Å². The predicted octanol–water partition coefficient (Wildman–Crippen LogP) is 9.50. The predicted molar refractivity (Wildman–Crippen MR) is 139 cm³/mol. The first-order chi connectivity index (χ1) is 15.1. The average Bonchev–Trinajstić information content (AvgIpc) is 2.74. The summed E-state index contributed by atoms with van der Waals surface area (Å²) in [5.74, 6) is 0. The first kappa shape index (κ1) is 30.9. The topological polar surface area (TPSA) is 40.5 Å². The van der Waals surface area contributed by atoms with Crippen LogP contribution in [0.2, 0.25) is 0 Å². The van der Waals surface area contributed by atoms with Crippen molar-refractivity contribution >= 4 is 0 Å². The normalized spacial score (nSPS) is 13.5. The smallest absolute Gasteiger partial charge is 0.0641 e. The van der Waals surface area contributed by atoms with Crippen LogP contribution in [0.3, 0.4) is 0 Å². The Morgan fingerprint density at radius 3 is 0.935 bits per heavy atom. The number of hydrogen-bond donors (Lipinski definition) is 2. The van der Waals surface area contributed by atoms with Crippen molar-refractivity contribution in [2.45, 2.75) is 180 Å². The van der Waals surface area contributed by atoms with Crippen LogP contribution in [0.1, 0.15) is 174 Å². The molecule has 0 rings (SSSR count). The molecule has 188 valence electrons. The second-order valence-electron chi connectivity index (χ2n) is 10.5. The molecular formula is C29H60O2. The van der Waals surface area contributed by atoms with Crippen LogP contribution in [-0.2, 0) is 0 Å². The van der Waals surface area contributed by atoms with Gasteiger partial charge in [0.2, 0.25) is 0 Å². The van der Waals surface area contributed by atoms with Gasteiger partial charge in [0.25, 0.3) is 0 Å². The highest BCUT2D eigenvalue weighted by atomic mass is 16.3. The molecule has 31 heavy (non-hydrogen) atoms. The molecule has 0 fully saturated rings. The summed E-state index contributed by atoms with van der Waals surface area (Å²) in [6, 6.07) is 0. The first-order valence-corrected chi connectivity index (χ1v) is 14.5. The van der Waals surface area contributed by atoms with Crippen molar-refractivity contribution in [2.24, 2.45) is 0 Å². The average molecular weight is 441 g/mol. The molecule has 0 aliphatic rings. The number of unbranched alkanes of at least 4 members (excludes halogenated alkanes) is 22. The Labute approximate surface area is 197 Å². The fraction of sp³-hybridized carbons (Fsp3) is 1.00. The quantitative estimate of drug-likeness (QED) is 0.131. The maximum atomic E-state index is 10.0. The van der Waals surface area contributed by atoms with Crippen LogP contribution >= 0.6 is 0 Å². The lowest BCUT2D eigenvalue weighted by atomic mass is 9.94. The number of aliphatic hydroxyl groups is 2.